The van der Waals surface area contributed by atoms with E-state index in [-0.39, 0.29) is 5.78 Å². The van der Waals surface area contributed by atoms with Crippen LogP contribution in [-0.4, -0.2) is 11.5 Å². The largest absolute Gasteiger partial charge is 0.287 e. The van der Waals surface area contributed by atoms with Crippen molar-refractivity contribution in [2.24, 2.45) is 4.99 Å². The normalized spacial score (nSPS) is 13.5. The van der Waals surface area contributed by atoms with Crippen molar-refractivity contribution in [1.82, 2.24) is 0 Å². The molecule has 0 saturated heterocycles. The van der Waals surface area contributed by atoms with Gasteiger partial charge < -0.3 is 0 Å². The molecule has 0 radical (unpaired) electrons. The highest BCUT2D eigenvalue weighted by Crippen LogP contribution is 2.29. The number of carbonyl (C=O) groups excluding carboxylic acids is 1. The summed E-state index contributed by atoms with van der Waals surface area (Å²) < 4.78 is 0. The van der Waals surface area contributed by atoms with Crippen LogP contribution in [-0.2, 0) is 0 Å². The molecule has 82 valence electrons. The minimum atomic E-state index is 0.0231. The zero-order chi connectivity index (χ0) is 11.8. The lowest BCUT2D eigenvalue weighted by Gasteiger charge is -2.03. The first-order valence-corrected chi connectivity index (χ1v) is 5.56. The zero-order valence-corrected chi connectivity index (χ0v) is 9.47. The van der Waals surface area contributed by atoms with Crippen molar-refractivity contribution in [3.8, 4) is 0 Å². The molecule has 0 fully saturated rings. The van der Waals surface area contributed by atoms with Gasteiger partial charge in [0.1, 0.15) is 5.71 Å². The molecule has 0 spiro atoms. The smallest absolute Gasteiger partial charge is 0.214 e. The molecule has 2 aromatic rings. The number of benzene rings is 2. The van der Waals surface area contributed by atoms with E-state index in [9.17, 15) is 4.79 Å². The van der Waals surface area contributed by atoms with E-state index in [2.05, 4.69) is 4.99 Å². The Morgan fingerprint density at radius 3 is 2.24 bits per heavy atom. The summed E-state index contributed by atoms with van der Waals surface area (Å²) in [6.07, 6.45) is 0. The highest BCUT2D eigenvalue weighted by molar-refractivity contribution is 6.55. The Hall–Kier alpha value is -2.22. The summed E-state index contributed by atoms with van der Waals surface area (Å²) in [6, 6.07) is 15.3. The van der Waals surface area contributed by atoms with Crippen molar-refractivity contribution in [2.45, 2.75) is 6.92 Å². The van der Waals surface area contributed by atoms with E-state index in [0.717, 1.165) is 16.8 Å². The Kier molecular flexibility index (Phi) is 2.15. The van der Waals surface area contributed by atoms with Crippen LogP contribution in [0.25, 0.3) is 0 Å². The van der Waals surface area contributed by atoms with E-state index in [4.69, 9.17) is 0 Å². The highest BCUT2D eigenvalue weighted by atomic mass is 16.1. The molecule has 0 atom stereocenters. The van der Waals surface area contributed by atoms with Gasteiger partial charge in [0.2, 0.25) is 5.78 Å². The predicted molar refractivity (Wildman–Crippen MR) is 68.1 cm³/mol. The first-order valence-electron chi connectivity index (χ1n) is 5.56. The van der Waals surface area contributed by atoms with Crippen molar-refractivity contribution in [3.05, 3.63) is 65.2 Å². The van der Waals surface area contributed by atoms with Gasteiger partial charge >= 0.3 is 0 Å². The second-order valence-corrected chi connectivity index (χ2v) is 4.12. The number of nitrogens with zero attached hydrogens (tertiary/aromatic N) is 1. The van der Waals surface area contributed by atoms with Crippen molar-refractivity contribution in [1.29, 1.82) is 0 Å². The molecule has 0 saturated carbocycles. The van der Waals surface area contributed by atoms with Crippen molar-refractivity contribution in [2.75, 3.05) is 0 Å². The molecule has 3 rings (SSSR count). The maximum absolute atomic E-state index is 12.2. The van der Waals surface area contributed by atoms with Gasteiger partial charge in [0, 0.05) is 11.1 Å². The first kappa shape index (κ1) is 9.97. The van der Waals surface area contributed by atoms with Gasteiger partial charge in [-0.25, -0.2) is 4.99 Å². The number of hydrogen-bond donors (Lipinski definition) is 0. The number of para-hydroxylation sites is 1. The number of aryl methyl sites for hydroxylation is 1. The summed E-state index contributed by atoms with van der Waals surface area (Å²) in [4.78, 5) is 16.6. The molecule has 0 aromatic heterocycles. The van der Waals surface area contributed by atoms with Crippen LogP contribution in [0, 0.1) is 6.92 Å². The maximum Gasteiger partial charge on any atom is 0.214 e. The van der Waals surface area contributed by atoms with Crippen molar-refractivity contribution in [3.63, 3.8) is 0 Å². The van der Waals surface area contributed by atoms with Crippen LogP contribution in [0.5, 0.6) is 0 Å². The average Bonchev–Trinajstić information content (AvgIpc) is 2.68. The summed E-state index contributed by atoms with van der Waals surface area (Å²) in [5.74, 6) is 0.0231. The lowest BCUT2D eigenvalue weighted by Crippen LogP contribution is -2.12. The lowest BCUT2D eigenvalue weighted by molar-refractivity contribution is 0.107. The number of fused-ring (bicyclic) bond motifs is 1. The van der Waals surface area contributed by atoms with Crippen LogP contribution in [0.15, 0.2) is 53.5 Å². The van der Waals surface area contributed by atoms with Crippen LogP contribution < -0.4 is 0 Å². The predicted octanol–water partition coefficient (Wildman–Crippen LogP) is 3.31. The fraction of sp³-hybridized carbons (Fsp3) is 0.0667. The van der Waals surface area contributed by atoms with Gasteiger partial charge in [-0.05, 0) is 24.6 Å². The van der Waals surface area contributed by atoms with Crippen LogP contribution in [0.2, 0.25) is 0 Å². The molecular weight excluding hydrogens is 210 g/mol. The summed E-state index contributed by atoms with van der Waals surface area (Å²) in [5.41, 5.74) is 4.03. The Morgan fingerprint density at radius 1 is 0.882 bits per heavy atom. The first-order chi connectivity index (χ1) is 8.27. The molecule has 1 aliphatic heterocycles. The number of ketones is 1. The molecule has 0 N–H and O–H groups in total. The van der Waals surface area contributed by atoms with E-state index < -0.39 is 0 Å². The van der Waals surface area contributed by atoms with Crippen molar-refractivity contribution < 1.29 is 4.79 Å². The number of rotatable bonds is 1. The Labute approximate surface area is 99.6 Å². The summed E-state index contributed by atoms with van der Waals surface area (Å²) in [6.45, 7) is 1.99. The number of hydrogen-bond acceptors (Lipinski definition) is 2. The average molecular weight is 221 g/mol. The molecule has 0 aliphatic carbocycles. The summed E-state index contributed by atoms with van der Waals surface area (Å²) >= 11 is 0. The number of aliphatic imine (C=N–C) groups is 1. The van der Waals surface area contributed by atoms with E-state index >= 15 is 0 Å². The van der Waals surface area contributed by atoms with E-state index in [1.807, 2.05) is 55.5 Å². The van der Waals surface area contributed by atoms with E-state index in [1.165, 1.54) is 0 Å². The summed E-state index contributed by atoms with van der Waals surface area (Å²) in [7, 11) is 0. The minimum absolute atomic E-state index is 0.0231. The lowest BCUT2D eigenvalue weighted by atomic mass is 9.99. The van der Waals surface area contributed by atoms with Gasteiger partial charge in [-0.1, -0.05) is 36.4 Å². The Balaban J connectivity index is 2.16. The molecule has 2 aromatic carbocycles. The van der Waals surface area contributed by atoms with Gasteiger partial charge in [0.05, 0.1) is 5.69 Å². The third-order valence-electron chi connectivity index (χ3n) is 3.00. The van der Waals surface area contributed by atoms with Gasteiger partial charge in [-0.15, -0.1) is 0 Å². The van der Waals surface area contributed by atoms with Gasteiger partial charge in [0.25, 0.3) is 0 Å². The second-order valence-electron chi connectivity index (χ2n) is 4.12. The molecule has 2 heteroatoms. The number of Topliss-reactive ketones (excluding diaryl/α,β-unsaturated/α-hetero) is 1. The Morgan fingerprint density at radius 2 is 1.53 bits per heavy atom. The van der Waals surface area contributed by atoms with Crippen molar-refractivity contribution >= 4 is 17.2 Å². The minimum Gasteiger partial charge on any atom is -0.287 e. The number of carbonyl (C=O) groups is 1. The molecule has 1 heterocycles. The van der Waals surface area contributed by atoms with E-state index in [0.29, 0.717) is 11.3 Å². The molecule has 1 aliphatic rings. The maximum atomic E-state index is 12.2. The Bertz CT molecular complexity index is 641. The molecule has 2 nitrogen and oxygen atoms in total. The molecule has 0 unspecified atom stereocenters. The third-order valence-corrected chi connectivity index (χ3v) is 3.00. The van der Waals surface area contributed by atoms with E-state index in [1.54, 1.807) is 0 Å². The van der Waals surface area contributed by atoms with Gasteiger partial charge in [0.15, 0.2) is 0 Å². The van der Waals surface area contributed by atoms with Gasteiger partial charge in [-0.3, -0.25) is 4.79 Å². The summed E-state index contributed by atoms with van der Waals surface area (Å²) in [5, 5.41) is 0. The molecule has 17 heavy (non-hydrogen) atoms. The molecular formula is C15H11NO. The monoisotopic (exact) mass is 221 g/mol. The van der Waals surface area contributed by atoms with Crippen LogP contribution in [0.1, 0.15) is 21.5 Å². The third kappa shape index (κ3) is 1.49. The SMILES string of the molecule is Cc1ccccc1C1=Nc2ccccc2C1=O. The molecule has 0 amide bonds. The van der Waals surface area contributed by atoms with Gasteiger partial charge in [-0.2, -0.15) is 0 Å². The quantitative estimate of drug-likeness (QED) is 0.726. The highest BCUT2D eigenvalue weighted by Gasteiger charge is 2.25. The zero-order valence-electron chi connectivity index (χ0n) is 9.47. The standard InChI is InChI=1S/C15H11NO/c1-10-6-2-3-7-11(10)14-15(17)12-8-4-5-9-13(12)16-14/h2-9H,1H3. The van der Waals surface area contributed by atoms with Crippen LogP contribution in [0.4, 0.5) is 5.69 Å². The topological polar surface area (TPSA) is 29.4 Å². The fourth-order valence-electron chi connectivity index (χ4n) is 2.08. The fourth-order valence-corrected chi connectivity index (χ4v) is 2.08. The van der Waals surface area contributed by atoms with Crippen LogP contribution in [0.3, 0.4) is 0 Å². The van der Waals surface area contributed by atoms with Crippen LogP contribution >= 0.6 is 0 Å². The molecule has 0 bridgehead atoms. The second kappa shape index (κ2) is 3.67.